The van der Waals surface area contributed by atoms with Crippen molar-refractivity contribution in [2.45, 2.75) is 38.8 Å². The lowest BCUT2D eigenvalue weighted by Gasteiger charge is -2.26. The zero-order chi connectivity index (χ0) is 15.1. The highest BCUT2D eigenvalue weighted by Crippen LogP contribution is 2.13. The first-order chi connectivity index (χ1) is 9.43. The molecule has 1 aliphatic rings. The van der Waals surface area contributed by atoms with Gasteiger partial charge in [0.1, 0.15) is 12.1 Å². The standard InChI is InChI=1S/C14H26N4O2/c1-10(2)7-12(16)13(19)9-18(6-4-15)8-11-3-5-17-14(11)20/h10-13,19H,3,5-9,16H2,1-2H3,(H,17,20)/p+1/t11-,12-,13?/m0/s1. The minimum atomic E-state index is -0.560. The molecular formula is C14H27N4O2+. The topological polar surface area (TPSA) is 104 Å². The van der Waals surface area contributed by atoms with Gasteiger partial charge < -0.3 is 16.2 Å². The SMILES string of the molecule is CC(C)C[C@H]([NH3+])C(O)CN(CC#N)C[C@@H]1CCNC1=O. The lowest BCUT2D eigenvalue weighted by atomic mass is 9.99. The molecule has 1 amide bonds. The van der Waals surface area contributed by atoms with E-state index in [1.54, 1.807) is 0 Å². The molecule has 6 nitrogen and oxygen atoms in total. The predicted octanol–water partition coefficient (Wildman–Crippen LogP) is -1.03. The molecule has 114 valence electrons. The van der Waals surface area contributed by atoms with Crippen LogP contribution in [0.4, 0.5) is 0 Å². The quantitative estimate of drug-likeness (QED) is 0.495. The average molecular weight is 283 g/mol. The molecule has 3 atom stereocenters. The molecule has 20 heavy (non-hydrogen) atoms. The van der Waals surface area contributed by atoms with Gasteiger partial charge in [0.25, 0.3) is 0 Å². The molecule has 1 fully saturated rings. The van der Waals surface area contributed by atoms with Crippen molar-refractivity contribution in [3.8, 4) is 6.07 Å². The Labute approximate surface area is 120 Å². The monoisotopic (exact) mass is 283 g/mol. The first kappa shape index (κ1) is 16.9. The molecule has 0 aromatic rings. The van der Waals surface area contributed by atoms with E-state index in [2.05, 4.69) is 31.0 Å². The molecule has 0 bridgehead atoms. The number of carbonyl (C=O) groups excluding carboxylic acids is 1. The molecule has 0 radical (unpaired) electrons. The van der Waals surface area contributed by atoms with Crippen LogP contribution in [0.5, 0.6) is 0 Å². The lowest BCUT2D eigenvalue weighted by molar-refractivity contribution is -0.441. The van der Waals surface area contributed by atoms with E-state index in [1.807, 2.05) is 4.90 Å². The van der Waals surface area contributed by atoms with Crippen LogP contribution in [-0.4, -0.2) is 54.2 Å². The van der Waals surface area contributed by atoms with Crippen LogP contribution >= 0.6 is 0 Å². The third-order valence-electron chi connectivity index (χ3n) is 3.70. The summed E-state index contributed by atoms with van der Waals surface area (Å²) in [7, 11) is 0. The molecule has 0 aliphatic carbocycles. The number of aliphatic hydroxyl groups excluding tert-OH is 1. The van der Waals surface area contributed by atoms with Crippen LogP contribution in [0, 0.1) is 23.2 Å². The van der Waals surface area contributed by atoms with Gasteiger partial charge in [-0.05, 0) is 12.3 Å². The van der Waals surface area contributed by atoms with Crippen LogP contribution in [0.2, 0.25) is 0 Å². The minimum absolute atomic E-state index is 0.0476. The number of nitriles is 1. The second-order valence-corrected chi connectivity index (χ2v) is 6.09. The van der Waals surface area contributed by atoms with Crippen molar-refractivity contribution < 1.29 is 15.6 Å². The Morgan fingerprint density at radius 2 is 2.30 bits per heavy atom. The number of nitrogens with one attached hydrogen (secondary N) is 1. The minimum Gasteiger partial charge on any atom is -0.386 e. The van der Waals surface area contributed by atoms with E-state index < -0.39 is 6.10 Å². The fourth-order valence-electron chi connectivity index (χ4n) is 2.61. The Morgan fingerprint density at radius 1 is 1.60 bits per heavy atom. The van der Waals surface area contributed by atoms with Crippen molar-refractivity contribution in [2.24, 2.45) is 11.8 Å². The summed E-state index contributed by atoms with van der Waals surface area (Å²) < 4.78 is 0. The van der Waals surface area contributed by atoms with Crippen molar-refractivity contribution in [3.05, 3.63) is 0 Å². The van der Waals surface area contributed by atoms with E-state index in [0.29, 0.717) is 25.6 Å². The molecule has 1 unspecified atom stereocenters. The highest BCUT2D eigenvalue weighted by atomic mass is 16.3. The van der Waals surface area contributed by atoms with Crippen LogP contribution in [0.1, 0.15) is 26.7 Å². The number of hydrogen-bond donors (Lipinski definition) is 3. The molecule has 1 rings (SSSR count). The summed E-state index contributed by atoms with van der Waals surface area (Å²) in [5, 5.41) is 21.9. The summed E-state index contributed by atoms with van der Waals surface area (Å²) in [6.07, 6.45) is 1.09. The van der Waals surface area contributed by atoms with Gasteiger partial charge in [0, 0.05) is 26.1 Å². The highest BCUT2D eigenvalue weighted by Gasteiger charge is 2.28. The Bertz CT molecular complexity index is 354. The lowest BCUT2D eigenvalue weighted by Crippen LogP contribution is -2.68. The normalized spacial score (nSPS) is 21.9. The number of rotatable bonds is 8. The van der Waals surface area contributed by atoms with E-state index in [0.717, 1.165) is 12.8 Å². The third-order valence-corrected chi connectivity index (χ3v) is 3.70. The van der Waals surface area contributed by atoms with Crippen molar-refractivity contribution in [1.29, 1.82) is 5.26 Å². The maximum absolute atomic E-state index is 11.6. The number of aliphatic hydroxyl groups is 1. The van der Waals surface area contributed by atoms with Crippen molar-refractivity contribution in [3.63, 3.8) is 0 Å². The second kappa shape index (κ2) is 8.20. The van der Waals surface area contributed by atoms with E-state index >= 15 is 0 Å². The highest BCUT2D eigenvalue weighted by molar-refractivity contribution is 5.80. The summed E-state index contributed by atoms with van der Waals surface area (Å²) in [5.41, 5.74) is 4.00. The summed E-state index contributed by atoms with van der Waals surface area (Å²) in [4.78, 5) is 13.4. The van der Waals surface area contributed by atoms with Crippen molar-refractivity contribution >= 4 is 5.91 Å². The Morgan fingerprint density at radius 3 is 2.80 bits per heavy atom. The van der Waals surface area contributed by atoms with Gasteiger partial charge >= 0.3 is 0 Å². The van der Waals surface area contributed by atoms with Gasteiger partial charge in [-0.1, -0.05) is 13.8 Å². The second-order valence-electron chi connectivity index (χ2n) is 6.09. The van der Waals surface area contributed by atoms with Crippen LogP contribution in [0.3, 0.4) is 0 Å². The number of carbonyl (C=O) groups is 1. The summed E-state index contributed by atoms with van der Waals surface area (Å²) >= 11 is 0. The van der Waals surface area contributed by atoms with Gasteiger partial charge in [-0.3, -0.25) is 9.69 Å². The summed E-state index contributed by atoms with van der Waals surface area (Å²) in [6, 6.07) is 2.06. The van der Waals surface area contributed by atoms with Crippen molar-refractivity contribution in [2.75, 3.05) is 26.2 Å². The summed E-state index contributed by atoms with van der Waals surface area (Å²) in [6.45, 7) is 6.07. The first-order valence-electron chi connectivity index (χ1n) is 7.32. The third kappa shape index (κ3) is 5.45. The smallest absolute Gasteiger partial charge is 0.224 e. The molecule has 0 spiro atoms. The van der Waals surface area contributed by atoms with Crippen LogP contribution in [-0.2, 0) is 4.79 Å². The van der Waals surface area contributed by atoms with Gasteiger partial charge in [0.05, 0.1) is 18.5 Å². The Hall–Kier alpha value is -1.16. The van der Waals surface area contributed by atoms with Crippen LogP contribution in [0.25, 0.3) is 0 Å². The molecule has 1 heterocycles. The number of amides is 1. The maximum atomic E-state index is 11.6. The van der Waals surface area contributed by atoms with Crippen molar-refractivity contribution in [1.82, 2.24) is 10.2 Å². The van der Waals surface area contributed by atoms with Gasteiger partial charge in [0.2, 0.25) is 5.91 Å². The average Bonchev–Trinajstić information content (AvgIpc) is 2.74. The van der Waals surface area contributed by atoms with Gasteiger partial charge in [0.15, 0.2) is 0 Å². The fourth-order valence-corrected chi connectivity index (χ4v) is 2.61. The molecule has 1 aliphatic heterocycles. The molecule has 5 N–H and O–H groups in total. The van der Waals surface area contributed by atoms with E-state index in [1.165, 1.54) is 0 Å². The van der Waals surface area contributed by atoms with E-state index in [9.17, 15) is 9.90 Å². The molecular weight excluding hydrogens is 256 g/mol. The molecule has 0 aromatic heterocycles. The fraction of sp³-hybridized carbons (Fsp3) is 0.857. The zero-order valence-corrected chi connectivity index (χ0v) is 12.5. The van der Waals surface area contributed by atoms with Crippen LogP contribution < -0.4 is 11.1 Å². The predicted molar refractivity (Wildman–Crippen MR) is 75.3 cm³/mol. The maximum Gasteiger partial charge on any atom is 0.224 e. The first-order valence-corrected chi connectivity index (χ1v) is 7.32. The van der Waals surface area contributed by atoms with Gasteiger partial charge in [-0.15, -0.1) is 0 Å². The molecule has 6 heteroatoms. The Kier molecular flexibility index (Phi) is 6.93. The number of hydrogen-bond acceptors (Lipinski definition) is 4. The number of nitrogens with zero attached hydrogens (tertiary/aromatic N) is 2. The molecule has 0 aromatic carbocycles. The van der Waals surface area contributed by atoms with Gasteiger partial charge in [-0.2, -0.15) is 5.26 Å². The van der Waals surface area contributed by atoms with Gasteiger partial charge in [-0.25, -0.2) is 0 Å². The molecule has 0 saturated carbocycles. The zero-order valence-electron chi connectivity index (χ0n) is 12.5. The summed E-state index contributed by atoms with van der Waals surface area (Å²) in [5.74, 6) is 0.469. The largest absolute Gasteiger partial charge is 0.386 e. The Balaban J connectivity index is 2.49. The number of quaternary nitrogens is 1. The molecule has 1 saturated heterocycles. The van der Waals surface area contributed by atoms with Crippen LogP contribution in [0.15, 0.2) is 0 Å². The van der Waals surface area contributed by atoms with E-state index in [-0.39, 0.29) is 24.4 Å². The van der Waals surface area contributed by atoms with E-state index in [4.69, 9.17) is 5.26 Å².